The van der Waals surface area contributed by atoms with Gasteiger partial charge in [0.25, 0.3) is 5.56 Å². The lowest BCUT2D eigenvalue weighted by molar-refractivity contribution is 1.06. The summed E-state index contributed by atoms with van der Waals surface area (Å²) < 4.78 is 1.63. The van der Waals surface area contributed by atoms with Crippen LogP contribution in [0.5, 0.6) is 0 Å². The molecule has 2 heterocycles. The summed E-state index contributed by atoms with van der Waals surface area (Å²) in [5.74, 6) is 0. The molecule has 4 aromatic rings. The second-order valence-corrected chi connectivity index (χ2v) is 7.05. The number of nitrogens with one attached hydrogen (secondary N) is 1. The minimum atomic E-state index is -0.135. The first kappa shape index (κ1) is 16.4. The molecule has 4 nitrogen and oxygen atoms in total. The average molecular weight is 378 g/mol. The van der Waals surface area contributed by atoms with Crippen molar-refractivity contribution >= 4 is 44.5 Å². The van der Waals surface area contributed by atoms with E-state index in [-0.39, 0.29) is 5.56 Å². The second kappa shape index (κ2) is 6.68. The topological polar surface area (TPSA) is 57.8 Å². The van der Waals surface area contributed by atoms with E-state index in [4.69, 9.17) is 11.6 Å². The van der Waals surface area contributed by atoms with Crippen LogP contribution in [-0.2, 0) is 0 Å². The Bertz CT molecular complexity index is 1210. The predicted molar refractivity (Wildman–Crippen MR) is 107 cm³/mol. The summed E-state index contributed by atoms with van der Waals surface area (Å²) in [6.45, 7) is 0. The van der Waals surface area contributed by atoms with Crippen LogP contribution in [0.4, 0.5) is 11.4 Å². The number of aromatic nitrogens is 1. The van der Waals surface area contributed by atoms with Crippen molar-refractivity contribution in [3.8, 4) is 11.8 Å². The molecule has 0 bridgehead atoms. The van der Waals surface area contributed by atoms with Gasteiger partial charge >= 0.3 is 0 Å². The van der Waals surface area contributed by atoms with E-state index in [1.165, 1.54) is 17.4 Å². The Morgan fingerprint density at radius 2 is 1.85 bits per heavy atom. The Hall–Kier alpha value is -3.07. The second-order valence-electron chi connectivity index (χ2n) is 5.61. The lowest BCUT2D eigenvalue weighted by atomic mass is 10.2. The molecule has 2 aromatic heterocycles. The third kappa shape index (κ3) is 2.86. The van der Waals surface area contributed by atoms with Gasteiger partial charge in [-0.05, 0) is 36.4 Å². The number of fused-ring (bicyclic) bond motifs is 1. The summed E-state index contributed by atoms with van der Waals surface area (Å²) in [5, 5.41) is 14.3. The third-order valence-corrected chi connectivity index (χ3v) is 5.28. The molecular weight excluding hydrogens is 366 g/mol. The van der Waals surface area contributed by atoms with Crippen molar-refractivity contribution in [2.24, 2.45) is 0 Å². The van der Waals surface area contributed by atoms with E-state index < -0.39 is 0 Å². The van der Waals surface area contributed by atoms with Gasteiger partial charge in [0.1, 0.15) is 15.8 Å². The number of anilines is 2. The average Bonchev–Trinajstić information content (AvgIpc) is 3.00. The van der Waals surface area contributed by atoms with Crippen LogP contribution in [0, 0.1) is 11.3 Å². The number of halogens is 1. The zero-order valence-corrected chi connectivity index (χ0v) is 15.0. The Kier molecular flexibility index (Phi) is 4.21. The number of hydrogen-bond acceptors (Lipinski definition) is 4. The van der Waals surface area contributed by atoms with Gasteiger partial charge in [0.05, 0.1) is 11.4 Å². The summed E-state index contributed by atoms with van der Waals surface area (Å²) >= 11 is 7.34. The van der Waals surface area contributed by atoms with E-state index >= 15 is 0 Å². The van der Waals surface area contributed by atoms with Crippen molar-refractivity contribution in [3.63, 3.8) is 0 Å². The Balaban J connectivity index is 1.95. The Labute approximate surface area is 158 Å². The lowest BCUT2D eigenvalue weighted by Crippen LogP contribution is -2.16. The number of thiophene rings is 1. The normalized spacial score (nSPS) is 10.6. The number of pyridine rings is 1. The molecule has 0 aliphatic heterocycles. The van der Waals surface area contributed by atoms with Crippen molar-refractivity contribution in [2.75, 3.05) is 5.32 Å². The van der Waals surface area contributed by atoms with Crippen molar-refractivity contribution in [3.05, 3.63) is 87.0 Å². The predicted octanol–water partition coefficient (Wildman–Crippen LogP) is 5.32. The lowest BCUT2D eigenvalue weighted by Gasteiger charge is -2.09. The summed E-state index contributed by atoms with van der Waals surface area (Å²) in [5.41, 5.74) is 2.09. The van der Waals surface area contributed by atoms with Gasteiger partial charge in [-0.2, -0.15) is 5.26 Å². The number of rotatable bonds is 3. The highest BCUT2D eigenvalue weighted by Crippen LogP contribution is 2.37. The van der Waals surface area contributed by atoms with Gasteiger partial charge in [-0.3, -0.25) is 9.36 Å². The number of nitriles is 1. The molecule has 0 fully saturated rings. The van der Waals surface area contributed by atoms with Crippen LogP contribution >= 0.6 is 22.9 Å². The van der Waals surface area contributed by atoms with Crippen molar-refractivity contribution in [1.29, 1.82) is 5.26 Å². The zero-order chi connectivity index (χ0) is 18.1. The summed E-state index contributed by atoms with van der Waals surface area (Å²) in [6.07, 6.45) is 0. The highest BCUT2D eigenvalue weighted by Gasteiger charge is 2.17. The molecule has 2 aromatic carbocycles. The molecule has 26 heavy (non-hydrogen) atoms. The Morgan fingerprint density at radius 3 is 2.58 bits per heavy atom. The van der Waals surface area contributed by atoms with Gasteiger partial charge in [0, 0.05) is 22.2 Å². The number of benzene rings is 2. The SMILES string of the molecule is N#Cc1sc2c(ccc(=O)n2-c2ccccc2)c1Nc1cccc(Cl)c1. The molecule has 0 spiro atoms. The molecule has 6 heteroatoms. The van der Waals surface area contributed by atoms with Gasteiger partial charge in [0.15, 0.2) is 0 Å². The van der Waals surface area contributed by atoms with Crippen LogP contribution in [0.3, 0.4) is 0 Å². The fourth-order valence-electron chi connectivity index (χ4n) is 2.82. The minimum Gasteiger partial charge on any atom is -0.353 e. The summed E-state index contributed by atoms with van der Waals surface area (Å²) in [6, 6.07) is 22.2. The van der Waals surface area contributed by atoms with Crippen LogP contribution in [0.15, 0.2) is 71.5 Å². The Morgan fingerprint density at radius 1 is 1.04 bits per heavy atom. The molecule has 0 saturated heterocycles. The molecule has 0 radical (unpaired) electrons. The molecular formula is C20H12ClN3OS. The molecule has 0 amide bonds. The quantitative estimate of drug-likeness (QED) is 0.525. The fourth-order valence-corrected chi connectivity index (χ4v) is 4.08. The summed E-state index contributed by atoms with van der Waals surface area (Å²) in [4.78, 5) is 13.7. The van der Waals surface area contributed by atoms with E-state index in [9.17, 15) is 10.1 Å². The number of hydrogen-bond donors (Lipinski definition) is 1. The van der Waals surface area contributed by atoms with Crippen molar-refractivity contribution < 1.29 is 0 Å². The molecule has 4 rings (SSSR count). The maximum absolute atomic E-state index is 12.5. The minimum absolute atomic E-state index is 0.135. The number of nitrogens with zero attached hydrogens (tertiary/aromatic N) is 2. The van der Waals surface area contributed by atoms with E-state index in [2.05, 4.69) is 11.4 Å². The van der Waals surface area contributed by atoms with Gasteiger partial charge in [-0.1, -0.05) is 35.9 Å². The van der Waals surface area contributed by atoms with E-state index in [0.29, 0.717) is 15.6 Å². The maximum Gasteiger partial charge on any atom is 0.256 e. The van der Waals surface area contributed by atoms with E-state index in [0.717, 1.165) is 21.6 Å². The van der Waals surface area contributed by atoms with E-state index in [1.807, 2.05) is 42.5 Å². The van der Waals surface area contributed by atoms with E-state index in [1.54, 1.807) is 22.8 Å². The van der Waals surface area contributed by atoms with Crippen molar-refractivity contribution in [2.45, 2.75) is 0 Å². The highest BCUT2D eigenvalue weighted by atomic mass is 35.5. The van der Waals surface area contributed by atoms with Crippen LogP contribution in [-0.4, -0.2) is 4.57 Å². The largest absolute Gasteiger partial charge is 0.353 e. The van der Waals surface area contributed by atoms with Gasteiger partial charge in [-0.25, -0.2) is 0 Å². The first-order valence-corrected chi connectivity index (χ1v) is 9.03. The molecule has 0 aliphatic carbocycles. The highest BCUT2D eigenvalue weighted by molar-refractivity contribution is 7.20. The van der Waals surface area contributed by atoms with Crippen LogP contribution in [0.2, 0.25) is 5.02 Å². The molecule has 126 valence electrons. The first-order valence-electron chi connectivity index (χ1n) is 7.84. The molecule has 0 saturated carbocycles. The van der Waals surface area contributed by atoms with Crippen LogP contribution in [0.1, 0.15) is 4.88 Å². The van der Waals surface area contributed by atoms with Crippen LogP contribution < -0.4 is 10.9 Å². The molecule has 0 atom stereocenters. The molecule has 0 aliphatic rings. The van der Waals surface area contributed by atoms with Gasteiger partial charge < -0.3 is 5.32 Å². The fraction of sp³-hybridized carbons (Fsp3) is 0. The van der Waals surface area contributed by atoms with Gasteiger partial charge in [0.2, 0.25) is 0 Å². The summed E-state index contributed by atoms with van der Waals surface area (Å²) in [7, 11) is 0. The van der Waals surface area contributed by atoms with Crippen LogP contribution in [0.25, 0.3) is 15.9 Å². The van der Waals surface area contributed by atoms with Crippen molar-refractivity contribution in [1.82, 2.24) is 4.57 Å². The smallest absolute Gasteiger partial charge is 0.256 e. The van der Waals surface area contributed by atoms with Gasteiger partial charge in [-0.15, -0.1) is 11.3 Å². The maximum atomic E-state index is 12.5. The third-order valence-electron chi connectivity index (χ3n) is 3.95. The standard InChI is InChI=1S/C20H12ClN3OS/c21-13-5-4-6-14(11-13)23-19-16-9-10-18(25)24(15-7-2-1-3-8-15)20(16)26-17(19)12-22/h1-11,23H. The molecule has 0 unspecified atom stereocenters. The zero-order valence-electron chi connectivity index (χ0n) is 13.4. The number of para-hydroxylation sites is 1. The first-order chi connectivity index (χ1) is 12.7. The molecule has 1 N–H and O–H groups in total. The monoisotopic (exact) mass is 377 g/mol.